The lowest BCUT2D eigenvalue weighted by Crippen LogP contribution is -2.41. The first kappa shape index (κ1) is 31.8. The number of hydrogen-bond acceptors (Lipinski definition) is 3. The predicted octanol–water partition coefficient (Wildman–Crippen LogP) is 8.30. The summed E-state index contributed by atoms with van der Waals surface area (Å²) in [5.41, 5.74) is 0.918. The average Bonchev–Trinajstić information content (AvgIpc) is 2.85. The summed E-state index contributed by atoms with van der Waals surface area (Å²) in [5, 5.41) is 13.5. The van der Waals surface area contributed by atoms with Crippen LogP contribution >= 0.6 is 7.14 Å². The third-order valence-corrected chi connectivity index (χ3v) is 16.2. The van der Waals surface area contributed by atoms with Gasteiger partial charge in [0, 0.05) is 22.9 Å². The van der Waals surface area contributed by atoms with Gasteiger partial charge in [-0.25, -0.2) is 0 Å². The molecular formula is C32H51O3PSi. The molecule has 2 rings (SSSR count). The molecule has 0 amide bonds. The van der Waals surface area contributed by atoms with Gasteiger partial charge < -0.3 is 14.1 Å². The highest BCUT2D eigenvalue weighted by Crippen LogP contribution is 2.52. The van der Waals surface area contributed by atoms with E-state index >= 15 is 4.57 Å². The molecule has 0 spiro atoms. The second-order valence-corrected chi connectivity index (χ2v) is 20.2. The Labute approximate surface area is 228 Å². The second-order valence-electron chi connectivity index (χ2n) is 12.4. The summed E-state index contributed by atoms with van der Waals surface area (Å²) in [7, 11) is -4.82. The van der Waals surface area contributed by atoms with Crippen molar-refractivity contribution in [2.75, 3.05) is 6.61 Å². The smallest absolute Gasteiger partial charge is 0.191 e. The second kappa shape index (κ2) is 14.1. The zero-order valence-electron chi connectivity index (χ0n) is 24.5. The lowest BCUT2D eigenvalue weighted by molar-refractivity contribution is 0.143. The maximum absolute atomic E-state index is 15.1. The van der Waals surface area contributed by atoms with E-state index in [2.05, 4.69) is 60.7 Å². The third-order valence-electron chi connectivity index (χ3n) is 8.04. The quantitative estimate of drug-likeness (QED) is 0.148. The summed E-state index contributed by atoms with van der Waals surface area (Å²) in [6, 6.07) is 19.6. The van der Waals surface area contributed by atoms with Crippen LogP contribution in [0.25, 0.3) is 0 Å². The van der Waals surface area contributed by atoms with Gasteiger partial charge in [-0.05, 0) is 70.0 Å². The lowest BCUT2D eigenvalue weighted by atomic mass is 9.97. The Bertz CT molecular complexity index is 964. The first-order valence-corrected chi connectivity index (χ1v) is 18.6. The highest BCUT2D eigenvalue weighted by Gasteiger charge is 2.40. The minimum atomic E-state index is -3.07. The molecule has 0 heterocycles. The molecule has 3 nitrogen and oxygen atoms in total. The van der Waals surface area contributed by atoms with E-state index in [1.165, 1.54) is 5.57 Å². The maximum Gasteiger partial charge on any atom is 0.191 e. The molecule has 2 aromatic rings. The summed E-state index contributed by atoms with van der Waals surface area (Å²) in [6.07, 6.45) is 5.58. The lowest BCUT2D eigenvalue weighted by Gasteiger charge is -2.36. The Morgan fingerprint density at radius 1 is 0.919 bits per heavy atom. The number of benzene rings is 2. The van der Waals surface area contributed by atoms with Gasteiger partial charge in [-0.3, -0.25) is 0 Å². The van der Waals surface area contributed by atoms with E-state index in [9.17, 15) is 5.11 Å². The molecule has 0 aromatic heterocycles. The van der Waals surface area contributed by atoms with Crippen molar-refractivity contribution >= 4 is 26.1 Å². The van der Waals surface area contributed by atoms with E-state index in [0.29, 0.717) is 18.8 Å². The van der Waals surface area contributed by atoms with Crippen LogP contribution in [0.1, 0.15) is 73.6 Å². The maximum atomic E-state index is 15.1. The van der Waals surface area contributed by atoms with Crippen molar-refractivity contribution < 1.29 is 14.1 Å². The van der Waals surface area contributed by atoms with Gasteiger partial charge in [-0.1, -0.05) is 100 Å². The summed E-state index contributed by atoms with van der Waals surface area (Å²) in [6.45, 7) is 18.6. The number of aliphatic hydroxyl groups excluding tert-OH is 1. The topological polar surface area (TPSA) is 46.5 Å². The normalized spacial score (nSPS) is 15.2. The molecule has 0 fully saturated rings. The van der Waals surface area contributed by atoms with Crippen LogP contribution in [0.2, 0.25) is 18.1 Å². The number of rotatable bonds is 14. The largest absolute Gasteiger partial charge is 0.417 e. The first-order chi connectivity index (χ1) is 17.3. The van der Waals surface area contributed by atoms with E-state index in [1.54, 1.807) is 0 Å². The molecule has 0 aliphatic carbocycles. The average molecular weight is 543 g/mol. The molecule has 0 saturated carbocycles. The van der Waals surface area contributed by atoms with E-state index < -0.39 is 21.6 Å². The summed E-state index contributed by atoms with van der Waals surface area (Å²) < 4.78 is 21.4. The molecule has 206 valence electrons. The molecule has 37 heavy (non-hydrogen) atoms. The van der Waals surface area contributed by atoms with Crippen molar-refractivity contribution in [3.63, 3.8) is 0 Å². The van der Waals surface area contributed by atoms with Crippen LogP contribution in [-0.2, 0) is 8.99 Å². The molecule has 1 unspecified atom stereocenters. The molecule has 5 heteroatoms. The van der Waals surface area contributed by atoms with Gasteiger partial charge in [0.25, 0.3) is 0 Å². The zero-order valence-corrected chi connectivity index (χ0v) is 26.4. The van der Waals surface area contributed by atoms with Gasteiger partial charge in [0.2, 0.25) is 0 Å². The highest BCUT2D eigenvalue weighted by atomic mass is 31.2. The van der Waals surface area contributed by atoms with Crippen LogP contribution in [0.3, 0.4) is 0 Å². The van der Waals surface area contributed by atoms with Crippen molar-refractivity contribution in [2.24, 2.45) is 5.92 Å². The monoisotopic (exact) mass is 542 g/mol. The fraction of sp³-hybridized carbons (Fsp3) is 0.562. The van der Waals surface area contributed by atoms with Crippen molar-refractivity contribution in [1.82, 2.24) is 0 Å². The van der Waals surface area contributed by atoms with Gasteiger partial charge in [-0.2, -0.15) is 0 Å². The van der Waals surface area contributed by atoms with E-state index in [1.807, 2.05) is 60.7 Å². The molecule has 0 aliphatic rings. The van der Waals surface area contributed by atoms with Crippen molar-refractivity contribution in [3.05, 3.63) is 72.3 Å². The van der Waals surface area contributed by atoms with E-state index in [0.717, 1.165) is 36.5 Å². The predicted molar refractivity (Wildman–Crippen MR) is 164 cm³/mol. The van der Waals surface area contributed by atoms with Crippen LogP contribution in [0.4, 0.5) is 0 Å². The highest BCUT2D eigenvalue weighted by molar-refractivity contribution is 7.79. The Hall–Kier alpha value is -1.45. The van der Waals surface area contributed by atoms with Crippen LogP contribution in [0.5, 0.6) is 0 Å². The van der Waals surface area contributed by atoms with Gasteiger partial charge in [0.05, 0.1) is 6.10 Å². The van der Waals surface area contributed by atoms with Crippen LogP contribution in [0.15, 0.2) is 72.3 Å². The number of allylic oxidation sites excluding steroid dienone is 2. The van der Waals surface area contributed by atoms with Gasteiger partial charge in [0.15, 0.2) is 8.32 Å². The minimum Gasteiger partial charge on any atom is -0.417 e. The Balaban J connectivity index is 2.22. The Morgan fingerprint density at radius 3 is 1.89 bits per heavy atom. The van der Waals surface area contributed by atoms with E-state index in [-0.39, 0.29) is 10.7 Å². The van der Waals surface area contributed by atoms with E-state index in [4.69, 9.17) is 4.43 Å². The molecule has 1 N–H and O–H groups in total. The summed E-state index contributed by atoms with van der Waals surface area (Å²) in [4.78, 5) is 0. The molecule has 0 radical (unpaired) electrons. The fourth-order valence-electron chi connectivity index (χ4n) is 4.51. The Kier molecular flexibility index (Phi) is 12.1. The molecule has 0 bridgehead atoms. The fourth-order valence-corrected chi connectivity index (χ4v) is 9.02. The van der Waals surface area contributed by atoms with Gasteiger partial charge in [-0.15, -0.1) is 0 Å². The first-order valence-electron chi connectivity index (χ1n) is 14.0. The van der Waals surface area contributed by atoms with Crippen molar-refractivity contribution in [2.45, 2.75) is 104 Å². The molecule has 3 atom stereocenters. The molecule has 2 aromatic carbocycles. The number of hydrogen-bond donors (Lipinski definition) is 1. The van der Waals surface area contributed by atoms with Crippen LogP contribution in [0, 0.1) is 5.92 Å². The number of aliphatic hydroxyl groups is 1. The summed E-state index contributed by atoms with van der Waals surface area (Å²) >= 11 is 0. The molecule has 0 aliphatic heterocycles. The van der Waals surface area contributed by atoms with Crippen molar-refractivity contribution in [3.8, 4) is 0 Å². The molecular weight excluding hydrogens is 491 g/mol. The standard InChI is InChI=1S/C32H51O3PSi/c1-26(2)16-15-21-31(30(33)23-22-27(3)24-25-35-37(7,8)32(4,5)6)36(34,28-17-11-9-12-18-28)29-19-13-10-14-20-29/h9-14,16-20,27,30-31,33H,15,21-25H2,1-8H3/t27-,30+,31?/m1/s1. The van der Waals surface area contributed by atoms with Crippen LogP contribution < -0.4 is 10.6 Å². The van der Waals surface area contributed by atoms with Crippen LogP contribution in [-0.4, -0.2) is 31.8 Å². The van der Waals surface area contributed by atoms with Gasteiger partial charge >= 0.3 is 0 Å². The van der Waals surface area contributed by atoms with Crippen molar-refractivity contribution in [1.29, 1.82) is 0 Å². The summed E-state index contributed by atoms with van der Waals surface area (Å²) in [5.74, 6) is 0.436. The SMILES string of the molecule is CC(C)=CCCC([C@@H](O)CC[C@@H](C)CCO[Si](C)(C)C(C)(C)C)P(=O)(c1ccccc1)c1ccccc1. The molecule has 0 saturated heterocycles. The minimum absolute atomic E-state index is 0.209. The Morgan fingerprint density at radius 2 is 1.43 bits per heavy atom. The zero-order chi connectivity index (χ0) is 27.7. The van der Waals surface area contributed by atoms with Gasteiger partial charge in [0.1, 0.15) is 7.14 Å². The third kappa shape index (κ3) is 9.06.